The highest BCUT2D eigenvalue weighted by molar-refractivity contribution is 5.87. The highest BCUT2D eigenvalue weighted by atomic mass is 19.1. The van der Waals surface area contributed by atoms with E-state index in [1.165, 1.54) is 12.1 Å². The van der Waals surface area contributed by atoms with E-state index in [9.17, 15) is 9.18 Å². The molecule has 18 heavy (non-hydrogen) atoms. The van der Waals surface area contributed by atoms with Crippen LogP contribution in [0.5, 0.6) is 0 Å². The van der Waals surface area contributed by atoms with Crippen LogP contribution < -0.4 is 5.32 Å². The standard InChI is InChI=1S/C13H18FNO3/c1-8(7-16)9(2)15-6-11-5-10(13(17)18)3-4-12(11)14/h3-5,8-9,15-16H,6-7H2,1-2H3,(H,17,18). The van der Waals surface area contributed by atoms with Gasteiger partial charge in [0.15, 0.2) is 0 Å². The largest absolute Gasteiger partial charge is 0.478 e. The van der Waals surface area contributed by atoms with Gasteiger partial charge in [-0.2, -0.15) is 0 Å². The van der Waals surface area contributed by atoms with Crippen molar-refractivity contribution in [1.29, 1.82) is 0 Å². The molecule has 5 heteroatoms. The van der Waals surface area contributed by atoms with Gasteiger partial charge in [-0.1, -0.05) is 6.92 Å². The Morgan fingerprint density at radius 2 is 2.11 bits per heavy atom. The number of benzene rings is 1. The summed E-state index contributed by atoms with van der Waals surface area (Å²) in [5, 5.41) is 20.9. The Morgan fingerprint density at radius 1 is 1.44 bits per heavy atom. The van der Waals surface area contributed by atoms with E-state index in [0.29, 0.717) is 5.56 Å². The maximum absolute atomic E-state index is 13.5. The van der Waals surface area contributed by atoms with Crippen molar-refractivity contribution in [2.45, 2.75) is 26.4 Å². The fourth-order valence-corrected chi connectivity index (χ4v) is 1.47. The molecular weight excluding hydrogens is 237 g/mol. The fourth-order valence-electron chi connectivity index (χ4n) is 1.47. The van der Waals surface area contributed by atoms with Crippen molar-refractivity contribution in [3.8, 4) is 0 Å². The molecule has 0 aliphatic carbocycles. The van der Waals surface area contributed by atoms with Gasteiger partial charge in [-0.25, -0.2) is 9.18 Å². The molecule has 1 aromatic rings. The lowest BCUT2D eigenvalue weighted by Crippen LogP contribution is -2.33. The van der Waals surface area contributed by atoms with Gasteiger partial charge in [0.05, 0.1) is 5.56 Å². The summed E-state index contributed by atoms with van der Waals surface area (Å²) in [6.07, 6.45) is 0. The van der Waals surface area contributed by atoms with Crippen LogP contribution in [0, 0.1) is 11.7 Å². The number of aliphatic hydroxyl groups excluding tert-OH is 1. The van der Waals surface area contributed by atoms with Crippen LogP contribution in [0.1, 0.15) is 29.8 Å². The summed E-state index contributed by atoms with van der Waals surface area (Å²) in [4.78, 5) is 10.8. The third-order valence-corrected chi connectivity index (χ3v) is 3.05. The number of halogens is 1. The first-order valence-electron chi connectivity index (χ1n) is 5.81. The van der Waals surface area contributed by atoms with Crippen LogP contribution in [0.25, 0.3) is 0 Å². The van der Waals surface area contributed by atoms with Crippen molar-refractivity contribution in [2.24, 2.45) is 5.92 Å². The second kappa shape index (κ2) is 6.47. The predicted molar refractivity (Wildman–Crippen MR) is 65.9 cm³/mol. The zero-order chi connectivity index (χ0) is 13.7. The first-order chi connectivity index (χ1) is 8.45. The average molecular weight is 255 g/mol. The van der Waals surface area contributed by atoms with Gasteiger partial charge in [0.1, 0.15) is 5.82 Å². The van der Waals surface area contributed by atoms with Crippen molar-refractivity contribution in [3.63, 3.8) is 0 Å². The second-order valence-electron chi connectivity index (χ2n) is 4.44. The number of hydrogen-bond donors (Lipinski definition) is 3. The minimum absolute atomic E-state index is 0.0166. The molecule has 0 saturated heterocycles. The van der Waals surface area contributed by atoms with Gasteiger partial charge < -0.3 is 15.5 Å². The topological polar surface area (TPSA) is 69.6 Å². The van der Waals surface area contributed by atoms with E-state index in [-0.39, 0.29) is 30.7 Å². The number of aliphatic hydroxyl groups is 1. The van der Waals surface area contributed by atoms with Gasteiger partial charge in [0.2, 0.25) is 0 Å². The molecule has 0 aromatic heterocycles. The number of carboxylic acids is 1. The third-order valence-electron chi connectivity index (χ3n) is 3.05. The van der Waals surface area contributed by atoms with Crippen molar-refractivity contribution in [1.82, 2.24) is 5.32 Å². The summed E-state index contributed by atoms with van der Waals surface area (Å²) in [5.74, 6) is -1.46. The van der Waals surface area contributed by atoms with Gasteiger partial charge in [-0.3, -0.25) is 0 Å². The highest BCUT2D eigenvalue weighted by Gasteiger charge is 2.12. The molecule has 0 spiro atoms. The Labute approximate surface area is 105 Å². The number of rotatable bonds is 6. The van der Waals surface area contributed by atoms with Crippen LogP contribution in [-0.4, -0.2) is 28.8 Å². The number of carbonyl (C=O) groups is 1. The van der Waals surface area contributed by atoms with Gasteiger partial charge in [-0.15, -0.1) is 0 Å². The van der Waals surface area contributed by atoms with Gasteiger partial charge in [0.25, 0.3) is 0 Å². The number of nitrogens with one attached hydrogen (secondary N) is 1. The molecule has 2 unspecified atom stereocenters. The molecular formula is C13H18FNO3. The molecule has 0 saturated carbocycles. The summed E-state index contributed by atoms with van der Waals surface area (Å²) >= 11 is 0. The summed E-state index contributed by atoms with van der Waals surface area (Å²) in [6, 6.07) is 3.73. The molecule has 2 atom stereocenters. The maximum atomic E-state index is 13.5. The lowest BCUT2D eigenvalue weighted by Gasteiger charge is -2.19. The van der Waals surface area contributed by atoms with Crippen LogP contribution in [0.15, 0.2) is 18.2 Å². The third kappa shape index (κ3) is 3.78. The number of hydrogen-bond acceptors (Lipinski definition) is 3. The quantitative estimate of drug-likeness (QED) is 0.722. The zero-order valence-corrected chi connectivity index (χ0v) is 10.5. The van der Waals surface area contributed by atoms with E-state index in [4.69, 9.17) is 10.2 Å². The Balaban J connectivity index is 2.72. The van der Waals surface area contributed by atoms with E-state index >= 15 is 0 Å². The minimum atomic E-state index is -1.08. The summed E-state index contributed by atoms with van der Waals surface area (Å²) in [7, 11) is 0. The monoisotopic (exact) mass is 255 g/mol. The lowest BCUT2D eigenvalue weighted by atomic mass is 10.0. The molecule has 0 fully saturated rings. The van der Waals surface area contributed by atoms with Crippen LogP contribution in [-0.2, 0) is 6.54 Å². The molecule has 0 radical (unpaired) electrons. The molecule has 0 amide bonds. The predicted octanol–water partition coefficient (Wildman–Crippen LogP) is 1.63. The fraction of sp³-hybridized carbons (Fsp3) is 0.462. The van der Waals surface area contributed by atoms with E-state index in [2.05, 4.69) is 5.32 Å². The van der Waals surface area contributed by atoms with Crippen molar-refractivity contribution in [3.05, 3.63) is 35.1 Å². The molecule has 0 heterocycles. The molecule has 0 bridgehead atoms. The minimum Gasteiger partial charge on any atom is -0.478 e. The molecule has 0 aliphatic rings. The Hall–Kier alpha value is -1.46. The summed E-state index contributed by atoms with van der Waals surface area (Å²) in [6.45, 7) is 4.05. The van der Waals surface area contributed by atoms with E-state index in [0.717, 1.165) is 6.07 Å². The highest BCUT2D eigenvalue weighted by Crippen LogP contribution is 2.12. The number of carboxylic acid groups (broad SMARTS) is 1. The normalized spacial score (nSPS) is 14.2. The smallest absolute Gasteiger partial charge is 0.335 e. The molecule has 1 rings (SSSR count). The van der Waals surface area contributed by atoms with Crippen molar-refractivity contribution in [2.75, 3.05) is 6.61 Å². The first kappa shape index (κ1) is 14.6. The average Bonchev–Trinajstić information content (AvgIpc) is 2.36. The zero-order valence-electron chi connectivity index (χ0n) is 10.5. The van der Waals surface area contributed by atoms with E-state index < -0.39 is 11.8 Å². The van der Waals surface area contributed by atoms with E-state index in [1.807, 2.05) is 13.8 Å². The SMILES string of the molecule is CC(CO)C(C)NCc1cc(C(=O)O)ccc1F. The number of aromatic carboxylic acids is 1. The summed E-state index contributed by atoms with van der Waals surface area (Å²) < 4.78 is 13.5. The Kier molecular flexibility index (Phi) is 5.25. The van der Waals surface area contributed by atoms with Crippen LogP contribution in [0.4, 0.5) is 4.39 Å². The van der Waals surface area contributed by atoms with Gasteiger partial charge in [0, 0.05) is 24.8 Å². The Bertz CT molecular complexity index is 423. The molecule has 4 nitrogen and oxygen atoms in total. The summed E-state index contributed by atoms with van der Waals surface area (Å²) in [5.41, 5.74) is 0.378. The van der Waals surface area contributed by atoms with Crippen LogP contribution >= 0.6 is 0 Å². The first-order valence-corrected chi connectivity index (χ1v) is 5.81. The van der Waals surface area contributed by atoms with E-state index in [1.54, 1.807) is 0 Å². The molecule has 1 aromatic carbocycles. The van der Waals surface area contributed by atoms with Crippen molar-refractivity contribution >= 4 is 5.97 Å². The molecule has 0 aliphatic heterocycles. The van der Waals surface area contributed by atoms with Gasteiger partial charge >= 0.3 is 5.97 Å². The van der Waals surface area contributed by atoms with Crippen LogP contribution in [0.3, 0.4) is 0 Å². The molecule has 3 N–H and O–H groups in total. The molecule has 100 valence electrons. The lowest BCUT2D eigenvalue weighted by molar-refractivity contribution is 0.0696. The van der Waals surface area contributed by atoms with Crippen LogP contribution in [0.2, 0.25) is 0 Å². The Morgan fingerprint density at radius 3 is 2.67 bits per heavy atom. The second-order valence-corrected chi connectivity index (χ2v) is 4.44. The van der Waals surface area contributed by atoms with Crippen molar-refractivity contribution < 1.29 is 19.4 Å². The van der Waals surface area contributed by atoms with Gasteiger partial charge in [-0.05, 0) is 31.0 Å². The maximum Gasteiger partial charge on any atom is 0.335 e.